The van der Waals surface area contributed by atoms with Crippen LogP contribution in [0.3, 0.4) is 0 Å². The van der Waals surface area contributed by atoms with E-state index in [1.165, 1.54) is 36.3 Å². The van der Waals surface area contributed by atoms with Crippen LogP contribution in [0, 0.1) is 11.6 Å². The number of benzene rings is 2. The number of hydrogen-bond donors (Lipinski definition) is 0. The number of rotatable bonds is 5. The lowest BCUT2D eigenvalue weighted by atomic mass is 9.91. The molecule has 4 nitrogen and oxygen atoms in total. The van der Waals surface area contributed by atoms with E-state index in [0.29, 0.717) is 17.7 Å². The number of ether oxygens (including phenoxy) is 1. The van der Waals surface area contributed by atoms with E-state index in [0.717, 1.165) is 5.16 Å². The van der Waals surface area contributed by atoms with Gasteiger partial charge in [0.2, 0.25) is 0 Å². The summed E-state index contributed by atoms with van der Waals surface area (Å²) >= 11 is 1.45. The Morgan fingerprint density at radius 3 is 2.80 bits per heavy atom. The Morgan fingerprint density at radius 2 is 2.04 bits per heavy atom. The number of thioether (sulfide) groups is 1. The average Bonchev–Trinajstić information content (AvgIpc) is 3.16. The zero-order chi connectivity index (χ0) is 17.4. The van der Waals surface area contributed by atoms with Crippen LogP contribution in [0.4, 0.5) is 8.78 Å². The first-order valence-corrected chi connectivity index (χ1v) is 8.96. The van der Waals surface area contributed by atoms with Crippen molar-refractivity contribution in [3.05, 3.63) is 77.6 Å². The molecular weight excluding hydrogens is 344 g/mol. The van der Waals surface area contributed by atoms with Crippen molar-refractivity contribution in [2.45, 2.75) is 23.4 Å². The molecule has 0 N–H and O–H groups in total. The highest BCUT2D eigenvalue weighted by Gasteiger charge is 2.60. The largest absolute Gasteiger partial charge is 0.354 e. The Balaban J connectivity index is 1.77. The SMILES string of the molecule is CSc1ncnn1C[C@@]1(c2cccc(F)c2)O[C@H]1c1ccccc1F. The summed E-state index contributed by atoms with van der Waals surface area (Å²) in [6.07, 6.45) is 2.86. The van der Waals surface area contributed by atoms with Crippen LogP contribution in [-0.2, 0) is 16.9 Å². The molecule has 1 aliphatic rings. The first-order valence-electron chi connectivity index (χ1n) is 7.74. The Labute approximate surface area is 147 Å². The predicted molar refractivity (Wildman–Crippen MR) is 90.1 cm³/mol. The zero-order valence-electron chi connectivity index (χ0n) is 13.4. The van der Waals surface area contributed by atoms with Gasteiger partial charge >= 0.3 is 0 Å². The van der Waals surface area contributed by atoms with Crippen LogP contribution >= 0.6 is 11.8 Å². The van der Waals surface area contributed by atoms with Gasteiger partial charge in [0.1, 0.15) is 29.7 Å². The van der Waals surface area contributed by atoms with Crippen LogP contribution < -0.4 is 0 Å². The van der Waals surface area contributed by atoms with Crippen LogP contribution in [0.5, 0.6) is 0 Å². The maximum Gasteiger partial charge on any atom is 0.185 e. The van der Waals surface area contributed by atoms with E-state index in [1.807, 2.05) is 6.26 Å². The maximum atomic E-state index is 14.2. The van der Waals surface area contributed by atoms with E-state index in [1.54, 1.807) is 35.0 Å². The average molecular weight is 359 g/mol. The molecule has 1 saturated heterocycles. The third-order valence-electron chi connectivity index (χ3n) is 4.34. The minimum atomic E-state index is -0.873. The Kier molecular flexibility index (Phi) is 4.05. The fourth-order valence-corrected chi connectivity index (χ4v) is 3.58. The summed E-state index contributed by atoms with van der Waals surface area (Å²) in [5, 5.41) is 4.95. The summed E-state index contributed by atoms with van der Waals surface area (Å²) in [5.74, 6) is -0.696. The molecule has 0 amide bonds. The van der Waals surface area contributed by atoms with Crippen LogP contribution in [0.15, 0.2) is 60.0 Å². The summed E-state index contributed by atoms with van der Waals surface area (Å²) < 4.78 is 35.7. The lowest BCUT2D eigenvalue weighted by Gasteiger charge is -2.15. The van der Waals surface area contributed by atoms with Gasteiger partial charge in [-0.1, -0.05) is 42.1 Å². The Morgan fingerprint density at radius 1 is 1.20 bits per heavy atom. The molecular formula is C18H15F2N3OS. The van der Waals surface area contributed by atoms with E-state index >= 15 is 0 Å². The van der Waals surface area contributed by atoms with Gasteiger partial charge in [0.05, 0.1) is 6.54 Å². The van der Waals surface area contributed by atoms with Gasteiger partial charge in [0.15, 0.2) is 5.16 Å². The van der Waals surface area contributed by atoms with Crippen molar-refractivity contribution in [3.8, 4) is 0 Å². The molecule has 0 spiro atoms. The highest BCUT2D eigenvalue weighted by atomic mass is 32.2. The Hall–Kier alpha value is -2.25. The quantitative estimate of drug-likeness (QED) is 0.511. The predicted octanol–water partition coefficient (Wildman–Crippen LogP) is 3.95. The van der Waals surface area contributed by atoms with E-state index in [2.05, 4.69) is 10.1 Å². The van der Waals surface area contributed by atoms with Gasteiger partial charge in [0, 0.05) is 5.56 Å². The zero-order valence-corrected chi connectivity index (χ0v) is 14.2. The normalized spacial score (nSPS) is 22.1. The standard InChI is InChI=1S/C18H15F2N3OS/c1-25-17-21-11-22-23(17)10-18(12-5-4-6-13(19)9-12)16(24-18)14-7-2-3-8-15(14)20/h2-9,11,16H,10H2,1H3/t16-,18-/m0/s1. The summed E-state index contributed by atoms with van der Waals surface area (Å²) in [4.78, 5) is 4.18. The summed E-state index contributed by atoms with van der Waals surface area (Å²) in [7, 11) is 0. The van der Waals surface area contributed by atoms with Crippen molar-refractivity contribution in [1.82, 2.24) is 14.8 Å². The molecule has 0 radical (unpaired) electrons. The summed E-state index contributed by atoms with van der Waals surface area (Å²) in [6, 6.07) is 12.7. The minimum Gasteiger partial charge on any atom is -0.354 e. The molecule has 0 bridgehead atoms. The lowest BCUT2D eigenvalue weighted by Crippen LogP contribution is -2.21. The number of aromatic nitrogens is 3. The van der Waals surface area contributed by atoms with Crippen molar-refractivity contribution in [1.29, 1.82) is 0 Å². The van der Waals surface area contributed by atoms with Gasteiger partial charge in [-0.2, -0.15) is 5.10 Å². The molecule has 2 aromatic carbocycles. The molecule has 0 aliphatic carbocycles. The van der Waals surface area contributed by atoms with Gasteiger partial charge in [-0.15, -0.1) is 0 Å². The second kappa shape index (κ2) is 6.24. The van der Waals surface area contributed by atoms with Gasteiger partial charge in [-0.25, -0.2) is 18.4 Å². The highest BCUT2D eigenvalue weighted by molar-refractivity contribution is 7.98. The van der Waals surface area contributed by atoms with Crippen molar-refractivity contribution in [2.24, 2.45) is 0 Å². The molecule has 1 fully saturated rings. The first kappa shape index (κ1) is 16.2. The minimum absolute atomic E-state index is 0.325. The number of epoxide rings is 1. The van der Waals surface area contributed by atoms with Crippen molar-refractivity contribution >= 4 is 11.8 Å². The fourth-order valence-electron chi connectivity index (χ4n) is 3.10. The first-order chi connectivity index (χ1) is 12.1. The van der Waals surface area contributed by atoms with E-state index < -0.39 is 11.7 Å². The summed E-state index contributed by atoms with van der Waals surface area (Å²) in [6.45, 7) is 0.325. The molecule has 2 atom stereocenters. The molecule has 3 aromatic rings. The van der Waals surface area contributed by atoms with Gasteiger partial charge < -0.3 is 4.74 Å². The van der Waals surface area contributed by atoms with E-state index in [-0.39, 0.29) is 11.6 Å². The molecule has 25 heavy (non-hydrogen) atoms. The monoisotopic (exact) mass is 359 g/mol. The third kappa shape index (κ3) is 2.83. The van der Waals surface area contributed by atoms with Crippen molar-refractivity contribution in [2.75, 3.05) is 6.26 Å². The number of halogens is 2. The van der Waals surface area contributed by atoms with Crippen LogP contribution in [-0.4, -0.2) is 21.0 Å². The topological polar surface area (TPSA) is 43.2 Å². The molecule has 1 aliphatic heterocycles. The van der Waals surface area contributed by atoms with Crippen LogP contribution in [0.25, 0.3) is 0 Å². The molecule has 7 heteroatoms. The van der Waals surface area contributed by atoms with E-state index in [4.69, 9.17) is 4.74 Å². The van der Waals surface area contributed by atoms with Crippen LogP contribution in [0.1, 0.15) is 17.2 Å². The summed E-state index contributed by atoms with van der Waals surface area (Å²) in [5.41, 5.74) is 0.239. The lowest BCUT2D eigenvalue weighted by molar-refractivity contribution is 0.255. The molecule has 4 rings (SSSR count). The molecule has 1 aromatic heterocycles. The highest BCUT2D eigenvalue weighted by Crippen LogP contribution is 2.58. The van der Waals surface area contributed by atoms with Gasteiger partial charge in [0.25, 0.3) is 0 Å². The number of hydrogen-bond acceptors (Lipinski definition) is 4. The third-order valence-corrected chi connectivity index (χ3v) is 5.02. The van der Waals surface area contributed by atoms with E-state index in [9.17, 15) is 8.78 Å². The van der Waals surface area contributed by atoms with Gasteiger partial charge in [-0.3, -0.25) is 0 Å². The second-order valence-electron chi connectivity index (χ2n) is 5.82. The van der Waals surface area contributed by atoms with Crippen molar-refractivity contribution < 1.29 is 13.5 Å². The number of nitrogens with zero attached hydrogens (tertiary/aromatic N) is 3. The van der Waals surface area contributed by atoms with Crippen LogP contribution in [0.2, 0.25) is 0 Å². The molecule has 0 unspecified atom stereocenters. The molecule has 2 heterocycles. The maximum absolute atomic E-state index is 14.2. The second-order valence-corrected chi connectivity index (χ2v) is 6.60. The fraction of sp³-hybridized carbons (Fsp3) is 0.222. The molecule has 0 saturated carbocycles. The molecule has 128 valence electrons. The van der Waals surface area contributed by atoms with Gasteiger partial charge in [-0.05, 0) is 30.0 Å². The Bertz CT molecular complexity index is 917. The smallest absolute Gasteiger partial charge is 0.185 e. The van der Waals surface area contributed by atoms with Crippen molar-refractivity contribution in [3.63, 3.8) is 0 Å².